The van der Waals surface area contributed by atoms with Crippen LogP contribution in [0, 0.1) is 5.92 Å². The van der Waals surface area contributed by atoms with Gasteiger partial charge in [-0.15, -0.1) is 0 Å². The summed E-state index contributed by atoms with van der Waals surface area (Å²) in [7, 11) is 4.66. The lowest BCUT2D eigenvalue weighted by atomic mass is 9.95. The highest BCUT2D eigenvalue weighted by atomic mass is 16.5. The molecule has 4 N–H and O–H groups in total. The third-order valence-electron chi connectivity index (χ3n) is 7.96. The minimum Gasteiger partial charge on any atom is -0.493 e. The molecule has 11 nitrogen and oxygen atoms in total. The van der Waals surface area contributed by atoms with E-state index in [-0.39, 0.29) is 28.8 Å². The number of anilines is 2. The van der Waals surface area contributed by atoms with Crippen LogP contribution in [0.4, 0.5) is 11.4 Å². The average molecular weight is 614 g/mol. The number of rotatable bonds is 10. The van der Waals surface area contributed by atoms with Gasteiger partial charge in [0.2, 0.25) is 23.0 Å². The van der Waals surface area contributed by atoms with Crippen molar-refractivity contribution < 1.29 is 23.8 Å². The highest BCUT2D eigenvalue weighted by molar-refractivity contribution is 5.98. The summed E-state index contributed by atoms with van der Waals surface area (Å²) in [5.41, 5.74) is 5.20. The first kappa shape index (κ1) is 31.4. The largest absolute Gasteiger partial charge is 0.493 e. The van der Waals surface area contributed by atoms with Gasteiger partial charge in [0.05, 0.1) is 50.4 Å². The van der Waals surface area contributed by atoms with E-state index >= 15 is 0 Å². The van der Waals surface area contributed by atoms with E-state index < -0.39 is 12.1 Å². The van der Waals surface area contributed by atoms with Crippen LogP contribution in [0.5, 0.6) is 17.2 Å². The van der Waals surface area contributed by atoms with Gasteiger partial charge in [-0.2, -0.15) is 0 Å². The quantitative estimate of drug-likeness (QED) is 0.191. The Morgan fingerprint density at radius 3 is 2.49 bits per heavy atom. The predicted molar refractivity (Wildman–Crippen MR) is 174 cm³/mol. The molecular formula is C34H39N5O6. The number of aromatic amines is 1. The van der Waals surface area contributed by atoms with Crippen molar-refractivity contribution in [3.8, 4) is 28.4 Å². The van der Waals surface area contributed by atoms with Gasteiger partial charge in [0.25, 0.3) is 0 Å². The molecule has 11 heteroatoms. The first-order valence-electron chi connectivity index (χ1n) is 14.9. The zero-order valence-electron chi connectivity index (χ0n) is 26.4. The number of imidazole rings is 1. The lowest BCUT2D eigenvalue weighted by Gasteiger charge is -2.20. The maximum absolute atomic E-state index is 13.8. The molecule has 0 unspecified atom stereocenters. The number of H-pyrrole nitrogens is 1. The molecule has 236 valence electrons. The third-order valence-corrected chi connectivity index (χ3v) is 7.96. The summed E-state index contributed by atoms with van der Waals surface area (Å²) in [6.45, 7) is 5.50. The average Bonchev–Trinajstić information content (AvgIpc) is 3.35. The Morgan fingerprint density at radius 2 is 1.80 bits per heavy atom. The Kier molecular flexibility index (Phi) is 9.26. The highest BCUT2D eigenvalue weighted by Gasteiger charge is 2.30. The van der Waals surface area contributed by atoms with Crippen LogP contribution in [0.2, 0.25) is 0 Å². The Labute approximate surface area is 261 Å². The van der Waals surface area contributed by atoms with E-state index in [9.17, 15) is 14.4 Å². The number of aromatic nitrogens is 2. The molecular weight excluding hydrogens is 574 g/mol. The molecule has 0 radical (unpaired) electrons. The van der Waals surface area contributed by atoms with E-state index in [1.165, 1.54) is 6.92 Å². The summed E-state index contributed by atoms with van der Waals surface area (Å²) in [4.78, 5) is 47.0. The summed E-state index contributed by atoms with van der Waals surface area (Å²) in [5, 5.41) is 9.23. The van der Waals surface area contributed by atoms with Crippen LogP contribution in [0.15, 0.2) is 53.6 Å². The fourth-order valence-corrected chi connectivity index (χ4v) is 5.96. The second-order valence-electron chi connectivity index (χ2n) is 11.5. The number of nitrogens with zero attached hydrogens (tertiary/aromatic N) is 1. The molecule has 1 aliphatic rings. The number of carbonyl (C=O) groups excluding carboxylic acids is 2. The molecule has 0 saturated carbocycles. The lowest BCUT2D eigenvalue weighted by Crippen LogP contribution is -2.37. The van der Waals surface area contributed by atoms with Gasteiger partial charge in [-0.25, -0.2) is 4.98 Å². The molecule has 0 aliphatic heterocycles. The van der Waals surface area contributed by atoms with Crippen LogP contribution in [0.25, 0.3) is 22.2 Å². The van der Waals surface area contributed by atoms with Gasteiger partial charge in [-0.3, -0.25) is 14.4 Å². The fourth-order valence-electron chi connectivity index (χ4n) is 5.96. The van der Waals surface area contributed by atoms with Crippen molar-refractivity contribution in [2.45, 2.75) is 52.1 Å². The number of nitrogens with one attached hydrogen (secondary N) is 4. The van der Waals surface area contributed by atoms with Gasteiger partial charge in [-0.1, -0.05) is 19.9 Å². The van der Waals surface area contributed by atoms with Gasteiger partial charge in [0.15, 0.2) is 11.5 Å². The molecule has 2 atom stereocenters. The van der Waals surface area contributed by atoms with Crippen molar-refractivity contribution in [3.05, 3.63) is 70.1 Å². The van der Waals surface area contributed by atoms with Gasteiger partial charge in [-0.05, 0) is 78.3 Å². The van der Waals surface area contributed by atoms with Crippen LogP contribution in [-0.4, -0.2) is 49.2 Å². The van der Waals surface area contributed by atoms with Gasteiger partial charge in [0, 0.05) is 18.2 Å². The zero-order chi connectivity index (χ0) is 32.2. The topological polar surface area (TPSA) is 144 Å². The Balaban J connectivity index is 1.59. The molecule has 45 heavy (non-hydrogen) atoms. The van der Waals surface area contributed by atoms with E-state index in [4.69, 9.17) is 14.2 Å². The Bertz CT molecular complexity index is 1800. The molecule has 0 saturated heterocycles. The zero-order valence-corrected chi connectivity index (χ0v) is 26.4. The number of hydrogen-bond donors (Lipinski definition) is 4. The van der Waals surface area contributed by atoms with Crippen LogP contribution in [0.3, 0.4) is 0 Å². The van der Waals surface area contributed by atoms with E-state index in [2.05, 4.69) is 25.9 Å². The minimum atomic E-state index is -0.699. The highest BCUT2D eigenvalue weighted by Crippen LogP contribution is 2.50. The molecule has 1 aromatic heterocycles. The maximum Gasteiger partial charge on any atom is 0.246 e. The van der Waals surface area contributed by atoms with Crippen molar-refractivity contribution in [3.63, 3.8) is 0 Å². The summed E-state index contributed by atoms with van der Waals surface area (Å²) in [6.07, 6.45) is 3.22. The molecule has 0 spiro atoms. The van der Waals surface area contributed by atoms with Crippen molar-refractivity contribution in [1.82, 2.24) is 15.3 Å². The minimum absolute atomic E-state index is 0.162. The summed E-state index contributed by atoms with van der Waals surface area (Å²) in [5.74, 6) is 1.10. The second-order valence-corrected chi connectivity index (χ2v) is 11.5. The standard InChI is InChI=1S/C34H39N5O6/c1-18(2)13-28(34(42)38-21-8-11-25-27(15-21)36-17-35-25)39-26-12-9-22-23(16-29(26)41)24(37-19(3)40)10-7-20-14-30(43-4)32(44-5)33(45-6)31(20)22/h8-9,11-12,14-18,24,28H,7,10,13H2,1-6H3,(H,35,36)(H,37,40)(H,38,42)(H,39,41)/t24-,28-/m1/s1. The summed E-state index contributed by atoms with van der Waals surface area (Å²) < 4.78 is 17.2. The molecule has 5 rings (SSSR count). The number of fused-ring (bicyclic) bond motifs is 4. The Hall–Kier alpha value is -5.06. The number of amides is 2. The number of benzene rings is 2. The number of ether oxygens (including phenoxy) is 3. The Morgan fingerprint density at radius 1 is 1.02 bits per heavy atom. The van der Waals surface area contributed by atoms with Crippen LogP contribution < -0.4 is 35.6 Å². The predicted octanol–water partition coefficient (Wildman–Crippen LogP) is 5.20. The van der Waals surface area contributed by atoms with E-state index in [0.29, 0.717) is 53.3 Å². The van der Waals surface area contributed by atoms with Crippen molar-refractivity contribution >= 4 is 34.2 Å². The first-order chi connectivity index (χ1) is 21.6. The maximum atomic E-state index is 13.8. The van der Waals surface area contributed by atoms with Gasteiger partial charge in [0.1, 0.15) is 6.04 Å². The normalized spacial score (nSPS) is 14.5. The van der Waals surface area contributed by atoms with Gasteiger partial charge >= 0.3 is 0 Å². The molecule has 3 aromatic carbocycles. The first-order valence-corrected chi connectivity index (χ1v) is 14.9. The van der Waals surface area contributed by atoms with Gasteiger partial charge < -0.3 is 35.1 Å². The van der Waals surface area contributed by atoms with Crippen LogP contribution >= 0.6 is 0 Å². The van der Waals surface area contributed by atoms with E-state index in [1.54, 1.807) is 45.9 Å². The number of aryl methyl sites for hydroxylation is 1. The molecule has 4 aromatic rings. The van der Waals surface area contributed by atoms with E-state index in [0.717, 1.165) is 22.2 Å². The monoisotopic (exact) mass is 613 g/mol. The second kappa shape index (κ2) is 13.3. The SMILES string of the molecule is COc1cc2c(c(OC)c1OC)-c1ccc(N[C@H](CC(C)C)C(=O)Nc3ccc4nc[nH]c4c3)c(=O)cc1[C@H](NC(C)=O)CC2. The van der Waals surface area contributed by atoms with Crippen molar-refractivity contribution in [2.24, 2.45) is 5.92 Å². The van der Waals surface area contributed by atoms with Crippen molar-refractivity contribution in [1.29, 1.82) is 0 Å². The van der Waals surface area contributed by atoms with Crippen LogP contribution in [0.1, 0.15) is 50.8 Å². The molecule has 0 fully saturated rings. The number of carbonyl (C=O) groups is 2. The summed E-state index contributed by atoms with van der Waals surface area (Å²) in [6, 6.07) is 11.3. The summed E-state index contributed by atoms with van der Waals surface area (Å²) >= 11 is 0. The smallest absolute Gasteiger partial charge is 0.246 e. The van der Waals surface area contributed by atoms with E-state index in [1.807, 2.05) is 38.1 Å². The molecule has 2 amide bonds. The molecule has 1 aliphatic carbocycles. The lowest BCUT2D eigenvalue weighted by molar-refractivity contribution is -0.120. The number of hydrogen-bond acceptors (Lipinski definition) is 8. The van der Waals surface area contributed by atoms with Crippen LogP contribution in [-0.2, 0) is 16.0 Å². The van der Waals surface area contributed by atoms with Crippen molar-refractivity contribution in [2.75, 3.05) is 32.0 Å². The third kappa shape index (κ3) is 6.57. The number of methoxy groups -OCH3 is 3. The fraction of sp³-hybridized carbons (Fsp3) is 0.353. The molecule has 1 heterocycles. The molecule has 0 bridgehead atoms.